The third kappa shape index (κ3) is 2.19. The number of benzene rings is 3. The van der Waals surface area contributed by atoms with Gasteiger partial charge in [0.1, 0.15) is 0 Å². The number of methoxy groups -OCH3 is 2. The molecule has 0 saturated heterocycles. The Morgan fingerprint density at radius 2 is 1.96 bits per heavy atom. The van der Waals surface area contributed by atoms with Crippen molar-refractivity contribution in [3.63, 3.8) is 0 Å². The number of phenolic OH excluding ortho intramolecular Hbond substituents is 1. The van der Waals surface area contributed by atoms with Crippen molar-refractivity contribution < 1.29 is 28.8 Å². The number of phenols is 1. The molecule has 5 rings (SSSR count). The second-order valence-electron chi connectivity index (χ2n) is 6.59. The zero-order valence-corrected chi connectivity index (χ0v) is 15.3. The van der Waals surface area contributed by atoms with E-state index in [1.54, 1.807) is 12.1 Å². The number of aromatic hydroxyl groups is 1. The van der Waals surface area contributed by atoms with Crippen LogP contribution in [0, 0.1) is 0 Å². The maximum Gasteiger partial charge on any atom is 0.251 e. The van der Waals surface area contributed by atoms with Gasteiger partial charge in [-0.2, -0.15) is 0 Å². The quantitative estimate of drug-likeness (QED) is 0.727. The van der Waals surface area contributed by atoms with Crippen LogP contribution in [0.2, 0.25) is 0 Å². The van der Waals surface area contributed by atoms with Crippen LogP contribution in [-0.2, 0) is 6.54 Å². The molecule has 0 bridgehead atoms. The number of fused-ring (bicyclic) bond motifs is 4. The zero-order chi connectivity index (χ0) is 19.4. The lowest BCUT2D eigenvalue weighted by Gasteiger charge is -2.17. The lowest BCUT2D eigenvalue weighted by atomic mass is 9.89. The molecule has 0 spiro atoms. The molecule has 1 amide bonds. The molecule has 0 unspecified atom stereocenters. The molecule has 2 N–H and O–H groups in total. The number of ether oxygens (including phenoxy) is 4. The summed E-state index contributed by atoms with van der Waals surface area (Å²) < 4.78 is 21.9. The first-order chi connectivity index (χ1) is 13.6. The third-order valence-electron chi connectivity index (χ3n) is 5.17. The Labute approximate surface area is 160 Å². The van der Waals surface area contributed by atoms with Crippen LogP contribution in [0.4, 0.5) is 0 Å². The minimum atomic E-state index is -0.125. The molecule has 7 heteroatoms. The highest BCUT2D eigenvalue weighted by molar-refractivity contribution is 6.11. The van der Waals surface area contributed by atoms with E-state index in [0.29, 0.717) is 34.9 Å². The van der Waals surface area contributed by atoms with Gasteiger partial charge in [0.2, 0.25) is 12.5 Å². The molecule has 0 atom stereocenters. The molecule has 0 aliphatic carbocycles. The fraction of sp³-hybridized carbons (Fsp3) is 0.190. The lowest BCUT2D eigenvalue weighted by Crippen LogP contribution is -2.12. The van der Waals surface area contributed by atoms with Crippen molar-refractivity contribution in [3.8, 4) is 39.9 Å². The minimum absolute atomic E-state index is 0.0513. The number of carbonyl (C=O) groups excluding carboxylic acids is 1. The normalized spacial score (nSPS) is 14.1. The molecule has 2 aliphatic heterocycles. The van der Waals surface area contributed by atoms with Crippen molar-refractivity contribution in [2.24, 2.45) is 0 Å². The Kier molecular flexibility index (Phi) is 3.52. The van der Waals surface area contributed by atoms with E-state index in [9.17, 15) is 9.90 Å². The molecule has 2 aliphatic rings. The molecule has 7 nitrogen and oxygen atoms in total. The van der Waals surface area contributed by atoms with Crippen LogP contribution in [0.25, 0.3) is 21.9 Å². The number of amides is 1. The molecule has 0 fully saturated rings. The van der Waals surface area contributed by atoms with E-state index in [1.165, 1.54) is 14.2 Å². The summed E-state index contributed by atoms with van der Waals surface area (Å²) >= 11 is 0. The summed E-state index contributed by atoms with van der Waals surface area (Å²) in [6.45, 7) is 0.526. The molecule has 142 valence electrons. The van der Waals surface area contributed by atoms with Gasteiger partial charge in [-0.15, -0.1) is 0 Å². The summed E-state index contributed by atoms with van der Waals surface area (Å²) in [5, 5.41) is 15.0. The largest absolute Gasteiger partial charge is 0.504 e. The van der Waals surface area contributed by atoms with E-state index in [4.69, 9.17) is 18.9 Å². The van der Waals surface area contributed by atoms with Crippen molar-refractivity contribution >= 4 is 16.7 Å². The highest BCUT2D eigenvalue weighted by atomic mass is 16.7. The Bertz CT molecular complexity index is 1150. The van der Waals surface area contributed by atoms with Crippen LogP contribution >= 0.6 is 0 Å². The van der Waals surface area contributed by atoms with E-state index >= 15 is 0 Å². The van der Waals surface area contributed by atoms with E-state index < -0.39 is 0 Å². The fourth-order valence-electron chi connectivity index (χ4n) is 3.95. The molecule has 3 aromatic carbocycles. The van der Waals surface area contributed by atoms with E-state index in [-0.39, 0.29) is 24.2 Å². The molecule has 28 heavy (non-hydrogen) atoms. The highest BCUT2D eigenvalue weighted by Gasteiger charge is 2.29. The summed E-state index contributed by atoms with van der Waals surface area (Å²) in [5.41, 5.74) is 2.94. The summed E-state index contributed by atoms with van der Waals surface area (Å²) in [4.78, 5) is 12.4. The summed E-state index contributed by atoms with van der Waals surface area (Å²) in [5.74, 6) is 1.75. The smallest absolute Gasteiger partial charge is 0.251 e. The van der Waals surface area contributed by atoms with Gasteiger partial charge in [-0.3, -0.25) is 4.79 Å². The number of hydrogen-bond acceptors (Lipinski definition) is 6. The first-order valence-corrected chi connectivity index (χ1v) is 8.74. The maximum atomic E-state index is 12.4. The van der Waals surface area contributed by atoms with Gasteiger partial charge in [-0.05, 0) is 46.3 Å². The standard InChI is InChI=1S/C21H17NO6/c1-25-16-7-11(6-14(23)19(16)26-2)17-13-8-22-21(24)12(13)5-10-3-4-15-20(18(10)17)28-9-27-15/h3-7,23H,8-9H2,1-2H3,(H,22,24). The highest BCUT2D eigenvalue weighted by Crippen LogP contribution is 2.49. The van der Waals surface area contributed by atoms with E-state index in [1.807, 2.05) is 18.2 Å². The Balaban J connectivity index is 1.90. The van der Waals surface area contributed by atoms with E-state index in [2.05, 4.69) is 5.32 Å². The molecule has 0 aromatic heterocycles. The van der Waals surface area contributed by atoms with Crippen LogP contribution in [0.15, 0.2) is 30.3 Å². The van der Waals surface area contributed by atoms with Gasteiger partial charge in [-0.25, -0.2) is 0 Å². The summed E-state index contributed by atoms with van der Waals surface area (Å²) in [6, 6.07) is 8.98. The predicted molar refractivity (Wildman–Crippen MR) is 101 cm³/mol. The van der Waals surface area contributed by atoms with Crippen LogP contribution in [0.1, 0.15) is 15.9 Å². The van der Waals surface area contributed by atoms with Gasteiger partial charge in [0.05, 0.1) is 14.2 Å². The van der Waals surface area contributed by atoms with Gasteiger partial charge >= 0.3 is 0 Å². The predicted octanol–water partition coefficient (Wildman–Crippen LogP) is 3.20. The minimum Gasteiger partial charge on any atom is -0.504 e. The molecule has 3 aromatic rings. The second kappa shape index (κ2) is 5.95. The molecule has 2 heterocycles. The average Bonchev–Trinajstić information content (AvgIpc) is 3.32. The monoisotopic (exact) mass is 379 g/mol. The molecule has 0 radical (unpaired) electrons. The van der Waals surface area contributed by atoms with Crippen molar-refractivity contribution in [1.29, 1.82) is 0 Å². The van der Waals surface area contributed by atoms with Gasteiger partial charge < -0.3 is 29.4 Å². The average molecular weight is 379 g/mol. The Morgan fingerprint density at radius 1 is 1.11 bits per heavy atom. The van der Waals surface area contributed by atoms with Crippen molar-refractivity contribution in [2.75, 3.05) is 21.0 Å². The zero-order valence-electron chi connectivity index (χ0n) is 15.3. The summed E-state index contributed by atoms with van der Waals surface area (Å²) in [6.07, 6.45) is 0. The third-order valence-corrected chi connectivity index (χ3v) is 5.17. The van der Waals surface area contributed by atoms with Crippen LogP contribution < -0.4 is 24.3 Å². The lowest BCUT2D eigenvalue weighted by molar-refractivity contribution is 0.0966. The molecular weight excluding hydrogens is 362 g/mol. The van der Waals surface area contributed by atoms with Crippen molar-refractivity contribution in [1.82, 2.24) is 5.32 Å². The first-order valence-electron chi connectivity index (χ1n) is 8.74. The topological polar surface area (TPSA) is 86.3 Å². The first kappa shape index (κ1) is 16.6. The van der Waals surface area contributed by atoms with Gasteiger partial charge in [0, 0.05) is 17.5 Å². The number of hydrogen-bond donors (Lipinski definition) is 2. The Morgan fingerprint density at radius 3 is 2.75 bits per heavy atom. The Hall–Kier alpha value is -3.61. The molecular formula is C21H17NO6. The van der Waals surface area contributed by atoms with Crippen molar-refractivity contribution in [2.45, 2.75) is 6.54 Å². The van der Waals surface area contributed by atoms with Gasteiger partial charge in [0.25, 0.3) is 5.91 Å². The van der Waals surface area contributed by atoms with Crippen molar-refractivity contribution in [3.05, 3.63) is 41.5 Å². The van der Waals surface area contributed by atoms with Crippen LogP contribution in [-0.4, -0.2) is 32.0 Å². The molecule has 0 saturated carbocycles. The maximum absolute atomic E-state index is 12.4. The van der Waals surface area contributed by atoms with E-state index in [0.717, 1.165) is 21.9 Å². The SMILES string of the molecule is COc1cc(-c2c3c(cc4ccc5c(c24)OCO5)C(=O)NC3)cc(O)c1OC. The number of nitrogens with one attached hydrogen (secondary N) is 1. The number of carbonyl (C=O) groups is 1. The summed E-state index contributed by atoms with van der Waals surface area (Å²) in [7, 11) is 2.97. The fourth-order valence-corrected chi connectivity index (χ4v) is 3.95. The number of rotatable bonds is 3. The van der Waals surface area contributed by atoms with Gasteiger partial charge in [0.15, 0.2) is 23.0 Å². The van der Waals surface area contributed by atoms with Crippen LogP contribution in [0.5, 0.6) is 28.7 Å². The second-order valence-corrected chi connectivity index (χ2v) is 6.59. The van der Waals surface area contributed by atoms with Crippen LogP contribution in [0.3, 0.4) is 0 Å². The van der Waals surface area contributed by atoms with Gasteiger partial charge in [-0.1, -0.05) is 6.07 Å².